The number of benzene rings is 1. The molecule has 0 aliphatic heterocycles. The summed E-state index contributed by atoms with van der Waals surface area (Å²) in [5.41, 5.74) is -1.75. The summed E-state index contributed by atoms with van der Waals surface area (Å²) >= 11 is 2.68. The van der Waals surface area contributed by atoms with Crippen molar-refractivity contribution < 1.29 is 27.1 Å². The van der Waals surface area contributed by atoms with Gasteiger partial charge in [0.05, 0.1) is 22.7 Å². The van der Waals surface area contributed by atoms with Crippen molar-refractivity contribution in [3.05, 3.63) is 33.5 Å². The Bertz CT molecular complexity index is 428. The van der Waals surface area contributed by atoms with E-state index in [1.807, 2.05) is 0 Å². The number of carbonyl (C=O) groups excluding carboxylic acids is 1. The first-order chi connectivity index (χ1) is 7.27. The molecule has 1 aromatic carbocycles. The lowest BCUT2D eigenvalue weighted by molar-refractivity contribution is -0.137. The van der Waals surface area contributed by atoms with Crippen molar-refractivity contribution in [3.8, 4) is 0 Å². The van der Waals surface area contributed by atoms with Crippen molar-refractivity contribution in [2.24, 2.45) is 0 Å². The highest BCUT2D eigenvalue weighted by Crippen LogP contribution is 2.33. The van der Waals surface area contributed by atoms with Crippen molar-refractivity contribution >= 4 is 21.9 Å². The Morgan fingerprint density at radius 1 is 1.38 bits per heavy atom. The van der Waals surface area contributed by atoms with Gasteiger partial charge in [-0.3, -0.25) is 0 Å². The number of alkyl halides is 3. The van der Waals surface area contributed by atoms with Gasteiger partial charge in [0.15, 0.2) is 0 Å². The van der Waals surface area contributed by atoms with E-state index in [2.05, 4.69) is 20.7 Å². The molecule has 0 atom stereocenters. The maximum atomic E-state index is 13.1. The maximum absolute atomic E-state index is 13.1. The summed E-state index contributed by atoms with van der Waals surface area (Å²) < 4.78 is 53.9. The Kier molecular flexibility index (Phi) is 3.57. The van der Waals surface area contributed by atoms with Crippen LogP contribution in [0, 0.1) is 5.82 Å². The van der Waals surface area contributed by atoms with Crippen LogP contribution in [-0.2, 0) is 10.9 Å². The molecule has 0 heterocycles. The Morgan fingerprint density at radius 2 is 1.94 bits per heavy atom. The third-order valence-corrected chi connectivity index (χ3v) is 2.57. The van der Waals surface area contributed by atoms with E-state index in [-0.39, 0.29) is 4.47 Å². The highest BCUT2D eigenvalue weighted by atomic mass is 79.9. The predicted molar refractivity (Wildman–Crippen MR) is 50.4 cm³/mol. The van der Waals surface area contributed by atoms with E-state index in [0.717, 1.165) is 7.11 Å². The molecule has 1 aromatic rings. The van der Waals surface area contributed by atoms with Gasteiger partial charge in [-0.15, -0.1) is 0 Å². The van der Waals surface area contributed by atoms with Crippen LogP contribution in [0.5, 0.6) is 0 Å². The minimum absolute atomic E-state index is 0.302. The summed E-state index contributed by atoms with van der Waals surface area (Å²) in [4.78, 5) is 11.1. The van der Waals surface area contributed by atoms with Crippen LogP contribution in [0.3, 0.4) is 0 Å². The number of halogens is 5. The second-order valence-electron chi connectivity index (χ2n) is 2.81. The SMILES string of the molecule is COC(=O)c1cc(C(F)(F)F)cc(F)c1Br. The summed E-state index contributed by atoms with van der Waals surface area (Å²) in [7, 11) is 0.993. The molecule has 16 heavy (non-hydrogen) atoms. The largest absolute Gasteiger partial charge is 0.465 e. The summed E-state index contributed by atoms with van der Waals surface area (Å²) in [6.07, 6.45) is -4.72. The molecule has 0 aromatic heterocycles. The van der Waals surface area contributed by atoms with Crippen molar-refractivity contribution in [1.29, 1.82) is 0 Å². The van der Waals surface area contributed by atoms with Gasteiger partial charge in [0.2, 0.25) is 0 Å². The second kappa shape index (κ2) is 4.40. The van der Waals surface area contributed by atoms with Gasteiger partial charge in [-0.05, 0) is 28.1 Å². The van der Waals surface area contributed by atoms with Gasteiger partial charge >= 0.3 is 12.1 Å². The average molecular weight is 301 g/mol. The summed E-state index contributed by atoms with van der Waals surface area (Å²) in [5, 5.41) is 0. The summed E-state index contributed by atoms with van der Waals surface area (Å²) in [5.74, 6) is -2.22. The minimum Gasteiger partial charge on any atom is -0.465 e. The number of esters is 1. The zero-order chi connectivity index (χ0) is 12.5. The van der Waals surface area contributed by atoms with Crippen LogP contribution in [0.4, 0.5) is 17.6 Å². The zero-order valence-corrected chi connectivity index (χ0v) is 9.45. The van der Waals surface area contributed by atoms with E-state index >= 15 is 0 Å². The number of rotatable bonds is 1. The molecular formula is C9H5BrF4O2. The molecule has 0 bridgehead atoms. The second-order valence-corrected chi connectivity index (χ2v) is 3.60. The van der Waals surface area contributed by atoms with E-state index in [1.54, 1.807) is 0 Å². The third kappa shape index (κ3) is 2.52. The molecular weight excluding hydrogens is 296 g/mol. The van der Waals surface area contributed by atoms with Crippen LogP contribution < -0.4 is 0 Å². The molecule has 0 spiro atoms. The molecule has 0 fully saturated rings. The van der Waals surface area contributed by atoms with Gasteiger partial charge in [0, 0.05) is 0 Å². The molecule has 0 saturated carbocycles. The van der Waals surface area contributed by atoms with Crippen LogP contribution in [0.25, 0.3) is 0 Å². The van der Waals surface area contributed by atoms with Gasteiger partial charge in [0.25, 0.3) is 0 Å². The summed E-state index contributed by atoms with van der Waals surface area (Å²) in [6, 6.07) is 0.829. The fourth-order valence-electron chi connectivity index (χ4n) is 1.01. The van der Waals surface area contributed by atoms with E-state index in [9.17, 15) is 22.4 Å². The standard InChI is InChI=1S/C9H5BrF4O2/c1-16-8(15)5-2-4(9(12,13)14)3-6(11)7(5)10/h2-3H,1H3. The van der Waals surface area contributed by atoms with Gasteiger partial charge in [-0.1, -0.05) is 0 Å². The Labute approximate surface area is 96.3 Å². The molecule has 0 radical (unpaired) electrons. The molecule has 0 N–H and O–H groups in total. The van der Waals surface area contributed by atoms with Gasteiger partial charge in [0.1, 0.15) is 5.82 Å². The lowest BCUT2D eigenvalue weighted by atomic mass is 10.1. The fraction of sp³-hybridized carbons (Fsp3) is 0.222. The Hall–Kier alpha value is -1.11. The van der Waals surface area contributed by atoms with Gasteiger partial charge in [-0.2, -0.15) is 13.2 Å². The highest BCUT2D eigenvalue weighted by molar-refractivity contribution is 9.10. The number of hydrogen-bond donors (Lipinski definition) is 0. The lowest BCUT2D eigenvalue weighted by Gasteiger charge is -2.10. The number of ether oxygens (including phenoxy) is 1. The van der Waals surface area contributed by atoms with Crippen LogP contribution in [0.2, 0.25) is 0 Å². The zero-order valence-electron chi connectivity index (χ0n) is 7.86. The van der Waals surface area contributed by atoms with Crippen molar-refractivity contribution in [1.82, 2.24) is 0 Å². The highest BCUT2D eigenvalue weighted by Gasteiger charge is 2.33. The van der Waals surface area contributed by atoms with Crippen LogP contribution in [-0.4, -0.2) is 13.1 Å². The number of carbonyl (C=O) groups is 1. The first-order valence-electron chi connectivity index (χ1n) is 3.92. The number of hydrogen-bond acceptors (Lipinski definition) is 2. The Balaban J connectivity index is 3.39. The molecule has 88 valence electrons. The first kappa shape index (κ1) is 13.0. The molecule has 1 rings (SSSR count). The minimum atomic E-state index is -4.72. The maximum Gasteiger partial charge on any atom is 0.416 e. The van der Waals surface area contributed by atoms with E-state index < -0.39 is 29.1 Å². The topological polar surface area (TPSA) is 26.3 Å². The molecule has 0 aliphatic carbocycles. The molecule has 2 nitrogen and oxygen atoms in total. The van der Waals surface area contributed by atoms with E-state index in [0.29, 0.717) is 12.1 Å². The molecule has 0 unspecified atom stereocenters. The van der Waals surface area contributed by atoms with Gasteiger partial charge < -0.3 is 4.74 Å². The smallest absolute Gasteiger partial charge is 0.416 e. The molecule has 7 heteroatoms. The van der Waals surface area contributed by atoms with Crippen LogP contribution in [0.1, 0.15) is 15.9 Å². The average Bonchev–Trinajstić information content (AvgIpc) is 2.19. The monoisotopic (exact) mass is 300 g/mol. The first-order valence-corrected chi connectivity index (χ1v) is 4.71. The molecule has 0 saturated heterocycles. The van der Waals surface area contributed by atoms with Gasteiger partial charge in [-0.25, -0.2) is 9.18 Å². The normalized spacial score (nSPS) is 11.4. The van der Waals surface area contributed by atoms with Crippen LogP contribution >= 0.6 is 15.9 Å². The Morgan fingerprint density at radius 3 is 2.38 bits per heavy atom. The third-order valence-electron chi connectivity index (χ3n) is 1.76. The van der Waals surface area contributed by atoms with E-state index in [1.165, 1.54) is 0 Å². The molecule has 0 amide bonds. The van der Waals surface area contributed by atoms with Crippen LogP contribution in [0.15, 0.2) is 16.6 Å². The quantitative estimate of drug-likeness (QED) is 0.587. The fourth-order valence-corrected chi connectivity index (χ4v) is 1.40. The predicted octanol–water partition coefficient (Wildman–Crippen LogP) is 3.39. The summed E-state index contributed by atoms with van der Waals surface area (Å²) in [6.45, 7) is 0. The van der Waals surface area contributed by atoms with Crippen molar-refractivity contribution in [2.45, 2.75) is 6.18 Å². The van der Waals surface area contributed by atoms with Crippen molar-refractivity contribution in [2.75, 3.05) is 7.11 Å². The lowest BCUT2D eigenvalue weighted by Crippen LogP contribution is -2.10. The van der Waals surface area contributed by atoms with Crippen molar-refractivity contribution in [3.63, 3.8) is 0 Å². The number of methoxy groups -OCH3 is 1. The van der Waals surface area contributed by atoms with E-state index in [4.69, 9.17) is 0 Å². The molecule has 0 aliphatic rings.